The van der Waals surface area contributed by atoms with Crippen molar-refractivity contribution in [3.05, 3.63) is 0 Å². The van der Waals surface area contributed by atoms with Crippen LogP contribution in [0.2, 0.25) is 0 Å². The molecule has 2 N–H and O–H groups in total. The zero-order chi connectivity index (χ0) is 24.0. The molecule has 0 aliphatic heterocycles. The van der Waals surface area contributed by atoms with Gasteiger partial charge in [-0.15, -0.1) is 0 Å². The first-order valence-electron chi connectivity index (χ1n) is 9.96. The lowest BCUT2D eigenvalue weighted by atomic mass is 9.94. The van der Waals surface area contributed by atoms with Crippen LogP contribution in [0.1, 0.15) is 26.7 Å². The minimum absolute atomic E-state index is 0.0549. The molecule has 0 bridgehead atoms. The van der Waals surface area contributed by atoms with E-state index in [1.807, 2.05) is 6.92 Å². The van der Waals surface area contributed by atoms with Gasteiger partial charge in [-0.3, -0.25) is 0 Å². The number of aliphatic hydroxyl groups is 2. The number of halogens is 6. The van der Waals surface area contributed by atoms with Crippen LogP contribution < -0.4 is 0 Å². The van der Waals surface area contributed by atoms with Gasteiger partial charge in [-0.05, 0) is 0 Å². The summed E-state index contributed by atoms with van der Waals surface area (Å²) in [6.07, 6.45) is -10.7. The minimum Gasteiger partial charge on any atom is -0.396 e. The van der Waals surface area contributed by atoms with Crippen LogP contribution in [-0.2, 0) is 18.9 Å². The van der Waals surface area contributed by atoms with Gasteiger partial charge in [0.2, 0.25) is 0 Å². The molecule has 0 aromatic rings. The lowest BCUT2D eigenvalue weighted by molar-refractivity contribution is -0.149. The monoisotopic (exact) mass is 472 g/mol. The highest BCUT2D eigenvalue weighted by Gasteiger charge is 2.29. The van der Waals surface area contributed by atoms with Crippen molar-refractivity contribution < 1.29 is 55.5 Å². The Hall–Kier alpha value is -0.660. The summed E-state index contributed by atoms with van der Waals surface area (Å²) in [6.45, 7) is 2.43. The Balaban J connectivity index is 3.98. The van der Waals surface area contributed by atoms with Crippen molar-refractivity contribution in [2.75, 3.05) is 66.1 Å². The number of hydrogen-bond donors (Lipinski definition) is 2. The van der Waals surface area contributed by atoms with Crippen molar-refractivity contribution in [1.82, 2.24) is 0 Å². The zero-order valence-electron chi connectivity index (χ0n) is 17.9. The number of aliphatic hydroxyl groups excluding tert-OH is 2. The van der Waals surface area contributed by atoms with Crippen LogP contribution in [0.3, 0.4) is 0 Å². The summed E-state index contributed by atoms with van der Waals surface area (Å²) in [4.78, 5) is 0. The smallest absolute Gasteiger partial charge is 0.391 e. The SMILES string of the molecule is CC(COCC(CO)COCCC(F)(F)F)COCC(C)(CO)COCCC(F)(F)F. The fourth-order valence-corrected chi connectivity index (χ4v) is 2.22. The maximum atomic E-state index is 12.1. The van der Waals surface area contributed by atoms with Crippen molar-refractivity contribution in [2.24, 2.45) is 17.3 Å². The van der Waals surface area contributed by atoms with E-state index in [0.29, 0.717) is 0 Å². The Bertz CT molecular complexity index is 449. The first-order valence-corrected chi connectivity index (χ1v) is 9.96. The molecule has 12 heteroatoms. The summed E-state index contributed by atoms with van der Waals surface area (Å²) >= 11 is 0. The lowest BCUT2D eigenvalue weighted by Gasteiger charge is -2.27. The largest absolute Gasteiger partial charge is 0.396 e. The molecule has 3 atom stereocenters. The Kier molecular flexibility index (Phi) is 14.9. The summed E-state index contributed by atoms with van der Waals surface area (Å²) in [7, 11) is 0. The molecule has 0 saturated heterocycles. The Labute approximate surface area is 178 Å². The number of hydrogen-bond acceptors (Lipinski definition) is 6. The van der Waals surface area contributed by atoms with E-state index in [0.717, 1.165) is 0 Å². The van der Waals surface area contributed by atoms with Crippen LogP contribution >= 0.6 is 0 Å². The molecule has 0 aliphatic carbocycles. The summed E-state index contributed by atoms with van der Waals surface area (Å²) < 4.78 is 93.4. The minimum atomic E-state index is -4.30. The Morgan fingerprint density at radius 1 is 0.710 bits per heavy atom. The van der Waals surface area contributed by atoms with Gasteiger partial charge in [0.15, 0.2) is 0 Å². The molecule has 0 aromatic heterocycles. The topological polar surface area (TPSA) is 77.4 Å². The average molecular weight is 472 g/mol. The summed E-state index contributed by atoms with van der Waals surface area (Å²) in [5.74, 6) is -0.521. The van der Waals surface area contributed by atoms with E-state index in [1.165, 1.54) is 0 Å². The normalized spacial score (nSPS) is 16.8. The second-order valence-corrected chi connectivity index (χ2v) is 8.03. The third kappa shape index (κ3) is 18.6. The molecule has 0 radical (unpaired) electrons. The van der Waals surface area contributed by atoms with E-state index in [2.05, 4.69) is 0 Å². The molecule has 0 rings (SSSR count). The third-order valence-electron chi connectivity index (χ3n) is 4.11. The van der Waals surface area contributed by atoms with Crippen LogP contribution in [0.5, 0.6) is 0 Å². The first kappa shape index (κ1) is 30.3. The predicted molar refractivity (Wildman–Crippen MR) is 99.6 cm³/mol. The molecule has 0 fully saturated rings. The Morgan fingerprint density at radius 3 is 1.71 bits per heavy atom. The fraction of sp³-hybridized carbons (Fsp3) is 1.00. The van der Waals surface area contributed by atoms with Gasteiger partial charge >= 0.3 is 12.4 Å². The molecule has 31 heavy (non-hydrogen) atoms. The predicted octanol–water partition coefficient (Wildman–Crippen LogP) is 3.20. The molecule has 188 valence electrons. The molecular formula is C19H34F6O6. The van der Waals surface area contributed by atoms with Crippen molar-refractivity contribution in [2.45, 2.75) is 39.0 Å². The molecule has 0 spiro atoms. The quantitative estimate of drug-likeness (QED) is 0.236. The van der Waals surface area contributed by atoms with Crippen LogP contribution in [-0.4, -0.2) is 88.6 Å². The number of alkyl halides is 6. The van der Waals surface area contributed by atoms with Gasteiger partial charge in [-0.2, -0.15) is 26.3 Å². The summed E-state index contributed by atoms with van der Waals surface area (Å²) in [5, 5.41) is 18.7. The maximum absolute atomic E-state index is 12.1. The summed E-state index contributed by atoms with van der Waals surface area (Å²) in [6, 6.07) is 0. The molecule has 0 aliphatic rings. The van der Waals surface area contributed by atoms with E-state index < -0.39 is 49.7 Å². The Morgan fingerprint density at radius 2 is 1.19 bits per heavy atom. The van der Waals surface area contributed by atoms with E-state index >= 15 is 0 Å². The molecule has 6 nitrogen and oxygen atoms in total. The highest BCUT2D eigenvalue weighted by Crippen LogP contribution is 2.22. The van der Waals surface area contributed by atoms with Crippen LogP contribution in [0, 0.1) is 17.3 Å². The van der Waals surface area contributed by atoms with E-state index in [9.17, 15) is 36.6 Å². The first-order chi connectivity index (χ1) is 14.3. The fourth-order valence-electron chi connectivity index (χ4n) is 2.22. The van der Waals surface area contributed by atoms with Gasteiger partial charge in [-0.1, -0.05) is 13.8 Å². The van der Waals surface area contributed by atoms with Gasteiger partial charge in [0, 0.05) is 17.3 Å². The average Bonchev–Trinajstić information content (AvgIpc) is 2.65. The highest BCUT2D eigenvalue weighted by molar-refractivity contribution is 4.72. The van der Waals surface area contributed by atoms with Gasteiger partial charge in [0.1, 0.15) is 0 Å². The van der Waals surface area contributed by atoms with Crippen molar-refractivity contribution in [3.8, 4) is 0 Å². The van der Waals surface area contributed by atoms with Crippen LogP contribution in [0.25, 0.3) is 0 Å². The highest BCUT2D eigenvalue weighted by atomic mass is 19.4. The van der Waals surface area contributed by atoms with Crippen LogP contribution in [0.15, 0.2) is 0 Å². The zero-order valence-corrected chi connectivity index (χ0v) is 17.9. The summed E-state index contributed by atoms with van der Waals surface area (Å²) in [5.41, 5.74) is -0.845. The molecule has 0 saturated carbocycles. The van der Waals surface area contributed by atoms with Gasteiger partial charge in [0.25, 0.3) is 0 Å². The molecule has 3 unspecified atom stereocenters. The van der Waals surface area contributed by atoms with Crippen molar-refractivity contribution >= 4 is 0 Å². The van der Waals surface area contributed by atoms with Crippen LogP contribution in [0.4, 0.5) is 26.3 Å². The third-order valence-corrected chi connectivity index (χ3v) is 4.11. The van der Waals surface area contributed by atoms with Gasteiger partial charge in [-0.25, -0.2) is 0 Å². The van der Waals surface area contributed by atoms with Crippen molar-refractivity contribution in [3.63, 3.8) is 0 Å². The number of ether oxygens (including phenoxy) is 4. The van der Waals surface area contributed by atoms with Crippen molar-refractivity contribution in [1.29, 1.82) is 0 Å². The molecular weight excluding hydrogens is 438 g/mol. The van der Waals surface area contributed by atoms with E-state index in [4.69, 9.17) is 18.9 Å². The van der Waals surface area contributed by atoms with E-state index in [-0.39, 0.29) is 58.8 Å². The standard InChI is InChI=1S/C19H34F6O6/c1-15(8-30-11-16(7-26)10-28-5-3-18(20,21)22)9-31-14-17(2,12-27)13-29-6-4-19(23,24)25/h15-16,26-27H,3-14H2,1-2H3. The second kappa shape index (κ2) is 15.2. The second-order valence-electron chi connectivity index (χ2n) is 8.03. The maximum Gasteiger partial charge on any atom is 0.391 e. The molecule has 0 amide bonds. The van der Waals surface area contributed by atoms with E-state index in [1.54, 1.807) is 6.92 Å². The van der Waals surface area contributed by atoms with Gasteiger partial charge < -0.3 is 29.2 Å². The van der Waals surface area contributed by atoms with Gasteiger partial charge in [0.05, 0.1) is 78.9 Å². The molecule has 0 aromatic carbocycles. The molecule has 0 heterocycles. The number of rotatable bonds is 18. The lowest BCUT2D eigenvalue weighted by Crippen LogP contribution is -2.34.